The topological polar surface area (TPSA) is 29.1 Å². The van der Waals surface area contributed by atoms with Crippen molar-refractivity contribution in [2.75, 3.05) is 0 Å². The van der Waals surface area contributed by atoms with Crippen molar-refractivity contribution in [1.82, 2.24) is 5.32 Å². The van der Waals surface area contributed by atoms with Crippen molar-refractivity contribution in [2.45, 2.75) is 54.0 Å². The number of hydrogen-bond donors (Lipinski definition) is 1. The molecule has 0 bridgehead atoms. The SMILES string of the molecule is [B]c1ccc(C(=O)NC(CC(C)(C)C)C(C)(C)C)cc1. The van der Waals surface area contributed by atoms with E-state index < -0.39 is 0 Å². The summed E-state index contributed by atoms with van der Waals surface area (Å²) in [5.74, 6) is -0.0332. The highest BCUT2D eigenvalue weighted by Gasteiger charge is 2.30. The van der Waals surface area contributed by atoms with Crippen LogP contribution in [0.25, 0.3) is 0 Å². The van der Waals surface area contributed by atoms with Gasteiger partial charge in [-0.25, -0.2) is 0 Å². The first-order valence-corrected chi connectivity index (χ1v) is 7.15. The van der Waals surface area contributed by atoms with Crippen molar-refractivity contribution in [2.24, 2.45) is 10.8 Å². The van der Waals surface area contributed by atoms with Crippen LogP contribution in [0.2, 0.25) is 0 Å². The average molecular weight is 271 g/mol. The number of hydrogen-bond acceptors (Lipinski definition) is 1. The molecule has 0 aliphatic carbocycles. The zero-order chi connectivity index (χ0) is 15.6. The summed E-state index contributed by atoms with van der Waals surface area (Å²) in [5, 5.41) is 3.17. The molecule has 0 saturated carbocycles. The van der Waals surface area contributed by atoms with Crippen molar-refractivity contribution < 1.29 is 4.79 Å². The summed E-state index contributed by atoms with van der Waals surface area (Å²) >= 11 is 0. The second kappa shape index (κ2) is 6.03. The van der Waals surface area contributed by atoms with Gasteiger partial charge in [-0.15, -0.1) is 0 Å². The highest BCUT2D eigenvalue weighted by Crippen LogP contribution is 2.30. The van der Waals surface area contributed by atoms with Crippen LogP contribution in [0.4, 0.5) is 0 Å². The van der Waals surface area contributed by atoms with E-state index in [0.717, 1.165) is 6.42 Å². The van der Waals surface area contributed by atoms with Gasteiger partial charge >= 0.3 is 0 Å². The third-order valence-corrected chi connectivity index (χ3v) is 3.34. The van der Waals surface area contributed by atoms with Crippen LogP contribution in [0.1, 0.15) is 58.3 Å². The van der Waals surface area contributed by atoms with Gasteiger partial charge in [0.05, 0.1) is 0 Å². The van der Waals surface area contributed by atoms with E-state index in [9.17, 15) is 4.79 Å². The molecule has 1 atom stereocenters. The third kappa shape index (κ3) is 5.40. The lowest BCUT2D eigenvalue weighted by atomic mass is 9.77. The lowest BCUT2D eigenvalue weighted by molar-refractivity contribution is 0.0875. The first-order chi connectivity index (χ1) is 8.99. The molecule has 1 aromatic carbocycles. The molecule has 2 radical (unpaired) electrons. The molecule has 20 heavy (non-hydrogen) atoms. The van der Waals surface area contributed by atoms with E-state index in [1.807, 2.05) is 0 Å². The monoisotopic (exact) mass is 271 g/mol. The Kier molecular flexibility index (Phi) is 5.07. The molecular weight excluding hydrogens is 245 g/mol. The predicted molar refractivity (Wildman–Crippen MR) is 86.6 cm³/mol. The van der Waals surface area contributed by atoms with Crippen LogP contribution >= 0.6 is 0 Å². The van der Waals surface area contributed by atoms with Crippen molar-refractivity contribution in [3.8, 4) is 0 Å². The molecule has 0 saturated heterocycles. The van der Waals surface area contributed by atoms with Crippen molar-refractivity contribution in [3.63, 3.8) is 0 Å². The zero-order valence-electron chi connectivity index (χ0n) is 13.6. The number of nitrogens with one attached hydrogen (secondary N) is 1. The number of benzene rings is 1. The summed E-state index contributed by atoms with van der Waals surface area (Å²) in [6.07, 6.45) is 0.942. The van der Waals surface area contributed by atoms with Crippen LogP contribution in [0.15, 0.2) is 24.3 Å². The molecule has 0 fully saturated rings. The highest BCUT2D eigenvalue weighted by molar-refractivity contribution is 6.32. The summed E-state index contributed by atoms with van der Waals surface area (Å²) in [6, 6.07) is 7.17. The number of rotatable bonds is 3. The Labute approximate surface area is 124 Å². The van der Waals surface area contributed by atoms with E-state index in [2.05, 4.69) is 46.9 Å². The maximum Gasteiger partial charge on any atom is 0.251 e. The second-order valence-corrected chi connectivity index (χ2v) is 7.78. The Hall–Kier alpha value is -1.25. The molecule has 0 aliphatic rings. The molecule has 1 aromatic rings. The van der Waals surface area contributed by atoms with Crippen LogP contribution in [-0.4, -0.2) is 19.8 Å². The molecule has 0 aliphatic heterocycles. The molecule has 1 unspecified atom stereocenters. The van der Waals surface area contributed by atoms with Gasteiger partial charge in [-0.2, -0.15) is 0 Å². The van der Waals surface area contributed by atoms with E-state index in [-0.39, 0.29) is 22.8 Å². The maximum absolute atomic E-state index is 12.3. The van der Waals surface area contributed by atoms with E-state index in [0.29, 0.717) is 11.0 Å². The van der Waals surface area contributed by atoms with Crippen LogP contribution in [-0.2, 0) is 0 Å². The smallest absolute Gasteiger partial charge is 0.251 e. The highest BCUT2D eigenvalue weighted by atomic mass is 16.1. The van der Waals surface area contributed by atoms with Gasteiger partial charge in [0, 0.05) is 11.6 Å². The third-order valence-electron chi connectivity index (χ3n) is 3.34. The first kappa shape index (κ1) is 16.8. The molecule has 0 heterocycles. The van der Waals surface area contributed by atoms with Gasteiger partial charge in [-0.05, 0) is 17.3 Å². The lowest BCUT2D eigenvalue weighted by Gasteiger charge is -2.36. The second-order valence-electron chi connectivity index (χ2n) is 7.78. The summed E-state index contributed by atoms with van der Waals surface area (Å²) in [6.45, 7) is 13.1. The summed E-state index contributed by atoms with van der Waals surface area (Å²) in [7, 11) is 5.65. The molecule has 2 nitrogen and oxygen atoms in total. The van der Waals surface area contributed by atoms with Crippen LogP contribution < -0.4 is 10.8 Å². The molecule has 1 rings (SSSR count). The van der Waals surface area contributed by atoms with Gasteiger partial charge in [0.25, 0.3) is 5.91 Å². The quantitative estimate of drug-likeness (QED) is 0.841. The molecule has 1 amide bonds. The minimum atomic E-state index is -0.0332. The van der Waals surface area contributed by atoms with Gasteiger partial charge in [0.15, 0.2) is 0 Å². The summed E-state index contributed by atoms with van der Waals surface area (Å²) in [5.41, 5.74) is 1.52. The van der Waals surface area contributed by atoms with Gasteiger partial charge < -0.3 is 5.32 Å². The minimum Gasteiger partial charge on any atom is -0.349 e. The van der Waals surface area contributed by atoms with E-state index in [4.69, 9.17) is 7.85 Å². The van der Waals surface area contributed by atoms with Gasteiger partial charge in [0.1, 0.15) is 7.85 Å². The Bertz CT molecular complexity index is 451. The zero-order valence-corrected chi connectivity index (χ0v) is 13.6. The maximum atomic E-state index is 12.3. The van der Waals surface area contributed by atoms with Gasteiger partial charge in [-0.3, -0.25) is 4.79 Å². The van der Waals surface area contributed by atoms with Crippen molar-refractivity contribution in [1.29, 1.82) is 0 Å². The molecule has 0 aromatic heterocycles. The number of carbonyl (C=O) groups is 1. The fraction of sp³-hybridized carbons (Fsp3) is 0.588. The fourth-order valence-electron chi connectivity index (χ4n) is 2.06. The lowest BCUT2D eigenvalue weighted by Crippen LogP contribution is -2.45. The molecule has 0 spiro atoms. The molecular formula is C17H26BNO. The standard InChI is InChI=1S/C17H26BNO/c1-16(2,3)11-14(17(4,5)6)19-15(20)12-7-9-13(18)10-8-12/h7-10,14H,11H2,1-6H3,(H,19,20). The first-order valence-electron chi connectivity index (χ1n) is 7.15. The van der Waals surface area contributed by atoms with Crippen molar-refractivity contribution >= 4 is 19.2 Å². The largest absolute Gasteiger partial charge is 0.349 e. The van der Waals surface area contributed by atoms with E-state index in [1.54, 1.807) is 24.3 Å². The number of carbonyl (C=O) groups excluding carboxylic acids is 1. The summed E-state index contributed by atoms with van der Waals surface area (Å²) < 4.78 is 0. The summed E-state index contributed by atoms with van der Waals surface area (Å²) in [4.78, 5) is 12.3. The van der Waals surface area contributed by atoms with Crippen LogP contribution in [0.3, 0.4) is 0 Å². The van der Waals surface area contributed by atoms with Crippen molar-refractivity contribution in [3.05, 3.63) is 29.8 Å². The average Bonchev–Trinajstić information content (AvgIpc) is 2.25. The molecule has 108 valence electrons. The minimum absolute atomic E-state index is 0.0246. The Morgan fingerprint density at radius 3 is 2.00 bits per heavy atom. The Morgan fingerprint density at radius 2 is 1.60 bits per heavy atom. The van der Waals surface area contributed by atoms with Gasteiger partial charge in [0.2, 0.25) is 0 Å². The fourth-order valence-corrected chi connectivity index (χ4v) is 2.06. The van der Waals surface area contributed by atoms with E-state index in [1.165, 1.54) is 0 Å². The van der Waals surface area contributed by atoms with Crippen LogP contribution in [0, 0.1) is 10.8 Å². The van der Waals surface area contributed by atoms with E-state index >= 15 is 0 Å². The predicted octanol–water partition coefficient (Wildman–Crippen LogP) is 3.06. The molecule has 1 N–H and O–H groups in total. The van der Waals surface area contributed by atoms with Gasteiger partial charge in [-0.1, -0.05) is 71.3 Å². The Morgan fingerprint density at radius 1 is 1.10 bits per heavy atom. The van der Waals surface area contributed by atoms with Crippen LogP contribution in [0.5, 0.6) is 0 Å². The Balaban J connectivity index is 2.84. The molecule has 3 heteroatoms. The normalized spacial score (nSPS) is 13.9. The number of amides is 1.